The highest BCUT2D eigenvalue weighted by atomic mass is 19.1. The van der Waals surface area contributed by atoms with Crippen LogP contribution in [0.4, 0.5) is 14.5 Å². The molecule has 0 saturated carbocycles. The van der Waals surface area contributed by atoms with Crippen LogP contribution in [0, 0.1) is 11.6 Å². The SMILES string of the molecule is CCCN(CC(=O)Nc1cc(F)cc(F)c1)C1CCNCC1. The second-order valence-corrected chi connectivity index (χ2v) is 5.66. The van der Waals surface area contributed by atoms with E-state index in [-0.39, 0.29) is 18.1 Å². The molecule has 6 heteroatoms. The van der Waals surface area contributed by atoms with Crippen molar-refractivity contribution in [2.45, 2.75) is 32.2 Å². The minimum Gasteiger partial charge on any atom is -0.325 e. The largest absolute Gasteiger partial charge is 0.325 e. The zero-order chi connectivity index (χ0) is 15.9. The minimum atomic E-state index is -0.695. The third kappa shape index (κ3) is 5.03. The second kappa shape index (κ2) is 8.19. The first-order valence-electron chi connectivity index (χ1n) is 7.79. The van der Waals surface area contributed by atoms with Gasteiger partial charge in [-0.05, 0) is 51.0 Å². The van der Waals surface area contributed by atoms with Gasteiger partial charge in [-0.2, -0.15) is 0 Å². The summed E-state index contributed by atoms with van der Waals surface area (Å²) in [5.41, 5.74) is 0.157. The van der Waals surface area contributed by atoms with E-state index in [4.69, 9.17) is 0 Å². The van der Waals surface area contributed by atoms with Gasteiger partial charge in [0.05, 0.1) is 6.54 Å². The summed E-state index contributed by atoms with van der Waals surface area (Å²) in [6, 6.07) is 3.41. The average molecular weight is 311 g/mol. The van der Waals surface area contributed by atoms with E-state index in [1.54, 1.807) is 0 Å². The van der Waals surface area contributed by atoms with Crippen LogP contribution in [0.2, 0.25) is 0 Å². The standard InChI is InChI=1S/C16H23F2N3O/c1-2-7-21(15-3-5-19-6-4-15)11-16(22)20-14-9-12(17)8-13(18)10-14/h8-10,15,19H,2-7,11H2,1H3,(H,20,22). The van der Waals surface area contributed by atoms with Crippen LogP contribution in [0.1, 0.15) is 26.2 Å². The molecule has 0 aromatic heterocycles. The van der Waals surface area contributed by atoms with Crippen molar-refractivity contribution < 1.29 is 13.6 Å². The summed E-state index contributed by atoms with van der Waals surface area (Å²) in [4.78, 5) is 14.3. The lowest BCUT2D eigenvalue weighted by molar-refractivity contribution is -0.118. The summed E-state index contributed by atoms with van der Waals surface area (Å²) >= 11 is 0. The number of anilines is 1. The topological polar surface area (TPSA) is 44.4 Å². The van der Waals surface area contributed by atoms with Crippen LogP contribution in [0.5, 0.6) is 0 Å². The van der Waals surface area contributed by atoms with Crippen molar-refractivity contribution in [2.75, 3.05) is 31.5 Å². The molecule has 0 radical (unpaired) electrons. The number of piperidine rings is 1. The molecular formula is C16H23F2N3O. The average Bonchev–Trinajstić information content (AvgIpc) is 2.46. The summed E-state index contributed by atoms with van der Waals surface area (Å²) in [7, 11) is 0. The summed E-state index contributed by atoms with van der Waals surface area (Å²) in [6.07, 6.45) is 3.00. The first-order chi connectivity index (χ1) is 10.6. The Bertz CT molecular complexity index is 484. The van der Waals surface area contributed by atoms with Gasteiger partial charge in [-0.1, -0.05) is 6.92 Å². The lowest BCUT2D eigenvalue weighted by Crippen LogP contribution is -2.46. The highest BCUT2D eigenvalue weighted by molar-refractivity contribution is 5.92. The van der Waals surface area contributed by atoms with E-state index in [1.807, 2.05) is 0 Å². The second-order valence-electron chi connectivity index (χ2n) is 5.66. The molecule has 4 nitrogen and oxygen atoms in total. The third-order valence-electron chi connectivity index (χ3n) is 3.83. The number of hydrogen-bond donors (Lipinski definition) is 2. The number of carbonyl (C=O) groups is 1. The molecular weight excluding hydrogens is 288 g/mol. The van der Waals surface area contributed by atoms with Gasteiger partial charge >= 0.3 is 0 Å². The lowest BCUT2D eigenvalue weighted by atomic mass is 10.0. The van der Waals surface area contributed by atoms with Crippen LogP contribution in [-0.2, 0) is 4.79 Å². The Hall–Kier alpha value is -1.53. The highest BCUT2D eigenvalue weighted by Gasteiger charge is 2.22. The Labute approximate surface area is 129 Å². The first-order valence-corrected chi connectivity index (χ1v) is 7.79. The van der Waals surface area contributed by atoms with Crippen molar-refractivity contribution in [1.29, 1.82) is 0 Å². The summed E-state index contributed by atoms with van der Waals surface area (Å²) in [5, 5.41) is 5.88. The molecule has 22 heavy (non-hydrogen) atoms. The number of amides is 1. The van der Waals surface area contributed by atoms with Gasteiger partial charge in [-0.3, -0.25) is 9.69 Å². The van der Waals surface area contributed by atoms with E-state index in [9.17, 15) is 13.6 Å². The van der Waals surface area contributed by atoms with Crippen molar-refractivity contribution in [3.63, 3.8) is 0 Å². The molecule has 1 amide bonds. The van der Waals surface area contributed by atoms with Gasteiger partial charge in [0, 0.05) is 17.8 Å². The molecule has 0 atom stereocenters. The zero-order valence-electron chi connectivity index (χ0n) is 12.9. The molecule has 1 aromatic carbocycles. The van der Waals surface area contributed by atoms with Crippen molar-refractivity contribution in [3.8, 4) is 0 Å². The highest BCUT2D eigenvalue weighted by Crippen LogP contribution is 2.15. The molecule has 0 unspecified atom stereocenters. The molecule has 1 saturated heterocycles. The minimum absolute atomic E-state index is 0.157. The number of halogens is 2. The van der Waals surface area contributed by atoms with E-state index in [1.165, 1.54) is 0 Å². The zero-order valence-corrected chi connectivity index (χ0v) is 12.9. The van der Waals surface area contributed by atoms with Crippen LogP contribution in [-0.4, -0.2) is 43.0 Å². The Morgan fingerprint density at radius 1 is 1.27 bits per heavy atom. The molecule has 1 aliphatic heterocycles. The van der Waals surface area contributed by atoms with E-state index in [2.05, 4.69) is 22.5 Å². The lowest BCUT2D eigenvalue weighted by Gasteiger charge is -2.34. The van der Waals surface area contributed by atoms with Crippen LogP contribution in [0.15, 0.2) is 18.2 Å². The maximum atomic E-state index is 13.1. The van der Waals surface area contributed by atoms with Gasteiger partial charge in [0.2, 0.25) is 5.91 Å². The van der Waals surface area contributed by atoms with Crippen molar-refractivity contribution >= 4 is 11.6 Å². The van der Waals surface area contributed by atoms with Crippen LogP contribution < -0.4 is 10.6 Å². The summed E-state index contributed by atoms with van der Waals surface area (Å²) in [6.45, 7) is 5.09. The smallest absolute Gasteiger partial charge is 0.238 e. The van der Waals surface area contributed by atoms with E-state index < -0.39 is 11.6 Å². The number of nitrogens with zero attached hydrogens (tertiary/aromatic N) is 1. The Balaban J connectivity index is 1.95. The van der Waals surface area contributed by atoms with Gasteiger partial charge in [-0.25, -0.2) is 8.78 Å². The van der Waals surface area contributed by atoms with E-state index in [0.29, 0.717) is 6.04 Å². The van der Waals surface area contributed by atoms with Crippen LogP contribution in [0.25, 0.3) is 0 Å². The maximum Gasteiger partial charge on any atom is 0.238 e. The monoisotopic (exact) mass is 311 g/mol. The molecule has 0 bridgehead atoms. The predicted molar refractivity (Wildman–Crippen MR) is 82.7 cm³/mol. The molecule has 0 spiro atoms. The third-order valence-corrected chi connectivity index (χ3v) is 3.83. The van der Waals surface area contributed by atoms with E-state index >= 15 is 0 Å². The number of nitrogens with one attached hydrogen (secondary N) is 2. The molecule has 1 aromatic rings. The van der Waals surface area contributed by atoms with E-state index in [0.717, 1.165) is 57.1 Å². The van der Waals surface area contributed by atoms with Crippen LogP contribution >= 0.6 is 0 Å². The van der Waals surface area contributed by atoms with Gasteiger partial charge in [-0.15, -0.1) is 0 Å². The quantitative estimate of drug-likeness (QED) is 0.848. The molecule has 1 heterocycles. The van der Waals surface area contributed by atoms with Gasteiger partial charge in [0.1, 0.15) is 11.6 Å². The molecule has 0 aliphatic carbocycles. The number of benzene rings is 1. The van der Waals surface area contributed by atoms with Crippen molar-refractivity contribution in [1.82, 2.24) is 10.2 Å². The van der Waals surface area contributed by atoms with Gasteiger partial charge < -0.3 is 10.6 Å². The number of hydrogen-bond acceptors (Lipinski definition) is 3. The Kier molecular flexibility index (Phi) is 6.27. The van der Waals surface area contributed by atoms with Crippen molar-refractivity contribution in [3.05, 3.63) is 29.8 Å². The number of carbonyl (C=O) groups excluding carboxylic acids is 1. The molecule has 122 valence electrons. The molecule has 1 fully saturated rings. The predicted octanol–water partition coefficient (Wildman–Crippen LogP) is 2.37. The number of rotatable bonds is 6. The Morgan fingerprint density at radius 3 is 2.50 bits per heavy atom. The molecule has 1 aliphatic rings. The van der Waals surface area contributed by atoms with Crippen LogP contribution in [0.3, 0.4) is 0 Å². The summed E-state index contributed by atoms with van der Waals surface area (Å²) < 4.78 is 26.3. The summed E-state index contributed by atoms with van der Waals surface area (Å²) in [5.74, 6) is -1.63. The fourth-order valence-electron chi connectivity index (χ4n) is 2.86. The first kappa shape index (κ1) is 16.8. The Morgan fingerprint density at radius 2 is 1.91 bits per heavy atom. The van der Waals surface area contributed by atoms with Gasteiger partial charge in [0.25, 0.3) is 0 Å². The van der Waals surface area contributed by atoms with Gasteiger partial charge in [0.15, 0.2) is 0 Å². The normalized spacial score (nSPS) is 16.0. The maximum absolute atomic E-state index is 13.1. The molecule has 2 N–H and O–H groups in total. The fourth-order valence-corrected chi connectivity index (χ4v) is 2.86. The molecule has 2 rings (SSSR count). The fraction of sp³-hybridized carbons (Fsp3) is 0.562. The van der Waals surface area contributed by atoms with Crippen molar-refractivity contribution in [2.24, 2.45) is 0 Å².